The summed E-state index contributed by atoms with van der Waals surface area (Å²) in [6.45, 7) is 7.53. The van der Waals surface area contributed by atoms with E-state index >= 15 is 0 Å². The zero-order valence-corrected chi connectivity index (χ0v) is 17.7. The molecule has 1 aromatic heterocycles. The summed E-state index contributed by atoms with van der Waals surface area (Å²) >= 11 is 1.59. The lowest BCUT2D eigenvalue weighted by Crippen LogP contribution is -2.43. The zero-order valence-electron chi connectivity index (χ0n) is 16.8. The second kappa shape index (κ2) is 9.21. The van der Waals surface area contributed by atoms with Gasteiger partial charge in [0.15, 0.2) is 0 Å². The fourth-order valence-electron chi connectivity index (χ4n) is 4.29. The lowest BCUT2D eigenvalue weighted by atomic mass is 9.89. The SMILES string of the molecule is CN1CCN(Cc2ccc(CC3CCN(C(=O)c4ccsc4)CC3)cc2)CC1. The molecule has 28 heavy (non-hydrogen) atoms. The fourth-order valence-corrected chi connectivity index (χ4v) is 4.92. The van der Waals surface area contributed by atoms with Crippen molar-refractivity contribution < 1.29 is 4.79 Å². The summed E-state index contributed by atoms with van der Waals surface area (Å²) in [7, 11) is 2.20. The van der Waals surface area contributed by atoms with E-state index in [1.807, 2.05) is 21.7 Å². The van der Waals surface area contributed by atoms with Crippen molar-refractivity contribution in [1.29, 1.82) is 0 Å². The molecule has 2 aromatic rings. The monoisotopic (exact) mass is 397 g/mol. The summed E-state index contributed by atoms with van der Waals surface area (Å²) in [5, 5.41) is 3.94. The molecule has 2 aliphatic rings. The van der Waals surface area contributed by atoms with Crippen molar-refractivity contribution in [2.24, 2.45) is 5.92 Å². The molecule has 0 aliphatic carbocycles. The number of carbonyl (C=O) groups is 1. The van der Waals surface area contributed by atoms with Gasteiger partial charge in [-0.1, -0.05) is 24.3 Å². The highest BCUT2D eigenvalue weighted by atomic mass is 32.1. The van der Waals surface area contributed by atoms with Crippen molar-refractivity contribution in [3.63, 3.8) is 0 Å². The first-order valence-corrected chi connectivity index (χ1v) is 11.4. The van der Waals surface area contributed by atoms with Crippen molar-refractivity contribution in [2.75, 3.05) is 46.3 Å². The average Bonchev–Trinajstić information content (AvgIpc) is 3.26. The molecule has 4 nitrogen and oxygen atoms in total. The van der Waals surface area contributed by atoms with Crippen molar-refractivity contribution >= 4 is 17.2 Å². The van der Waals surface area contributed by atoms with Gasteiger partial charge in [0.25, 0.3) is 5.91 Å². The van der Waals surface area contributed by atoms with E-state index in [0.717, 1.165) is 44.5 Å². The van der Waals surface area contributed by atoms with Gasteiger partial charge in [-0.3, -0.25) is 9.69 Å². The Morgan fingerprint density at radius 3 is 2.29 bits per heavy atom. The summed E-state index contributed by atoms with van der Waals surface area (Å²) in [4.78, 5) is 19.4. The topological polar surface area (TPSA) is 26.8 Å². The number of carbonyl (C=O) groups excluding carboxylic acids is 1. The molecule has 2 fully saturated rings. The van der Waals surface area contributed by atoms with Gasteiger partial charge in [-0.05, 0) is 54.8 Å². The number of hydrogen-bond acceptors (Lipinski definition) is 4. The third-order valence-corrected chi connectivity index (χ3v) is 6.90. The van der Waals surface area contributed by atoms with Crippen molar-refractivity contribution in [2.45, 2.75) is 25.8 Å². The Bertz CT molecular complexity index is 743. The Morgan fingerprint density at radius 2 is 1.64 bits per heavy atom. The van der Waals surface area contributed by atoms with Crippen LogP contribution < -0.4 is 0 Å². The van der Waals surface area contributed by atoms with Crippen LogP contribution in [0.25, 0.3) is 0 Å². The predicted octanol–water partition coefficient (Wildman–Crippen LogP) is 3.59. The van der Waals surface area contributed by atoms with Crippen LogP contribution in [0.1, 0.15) is 34.3 Å². The minimum atomic E-state index is 0.202. The molecule has 5 heteroatoms. The maximum Gasteiger partial charge on any atom is 0.254 e. The second-order valence-electron chi connectivity index (χ2n) is 8.35. The molecule has 4 rings (SSSR count). The average molecular weight is 398 g/mol. The Labute approximate surface area is 172 Å². The molecule has 3 heterocycles. The largest absolute Gasteiger partial charge is 0.339 e. The number of benzene rings is 1. The summed E-state index contributed by atoms with van der Waals surface area (Å²) < 4.78 is 0. The van der Waals surface area contributed by atoms with Gasteiger partial charge >= 0.3 is 0 Å². The molecule has 0 unspecified atom stereocenters. The van der Waals surface area contributed by atoms with Crippen molar-refractivity contribution in [3.05, 3.63) is 57.8 Å². The minimum absolute atomic E-state index is 0.202. The van der Waals surface area contributed by atoms with Crippen LogP contribution in [0.2, 0.25) is 0 Å². The van der Waals surface area contributed by atoms with Gasteiger partial charge in [-0.25, -0.2) is 0 Å². The Kier molecular flexibility index (Phi) is 6.45. The maximum atomic E-state index is 12.5. The highest BCUT2D eigenvalue weighted by molar-refractivity contribution is 7.08. The van der Waals surface area contributed by atoms with Gasteiger partial charge < -0.3 is 9.80 Å². The van der Waals surface area contributed by atoms with E-state index in [1.165, 1.54) is 37.3 Å². The van der Waals surface area contributed by atoms with Gasteiger partial charge in [-0.2, -0.15) is 11.3 Å². The molecule has 0 spiro atoms. The molecule has 0 bridgehead atoms. The first-order chi connectivity index (χ1) is 13.7. The first-order valence-electron chi connectivity index (χ1n) is 10.5. The van der Waals surface area contributed by atoms with Crippen LogP contribution in [0.15, 0.2) is 41.1 Å². The molecule has 150 valence electrons. The molecule has 2 aliphatic heterocycles. The quantitative estimate of drug-likeness (QED) is 0.771. The van der Waals surface area contributed by atoms with Gasteiger partial charge in [0.2, 0.25) is 0 Å². The maximum absolute atomic E-state index is 12.5. The molecule has 0 radical (unpaired) electrons. The van der Waals surface area contributed by atoms with Gasteiger partial charge in [0.05, 0.1) is 5.56 Å². The van der Waals surface area contributed by atoms with E-state index in [2.05, 4.69) is 41.1 Å². The van der Waals surface area contributed by atoms with Crippen LogP contribution in [0, 0.1) is 5.92 Å². The van der Waals surface area contributed by atoms with Crippen molar-refractivity contribution in [3.8, 4) is 0 Å². The minimum Gasteiger partial charge on any atom is -0.339 e. The molecular weight excluding hydrogens is 366 g/mol. The van der Waals surface area contributed by atoms with E-state index in [4.69, 9.17) is 0 Å². The van der Waals surface area contributed by atoms with Crippen LogP contribution in [0.4, 0.5) is 0 Å². The lowest BCUT2D eigenvalue weighted by molar-refractivity contribution is 0.0691. The highest BCUT2D eigenvalue weighted by Gasteiger charge is 2.24. The van der Waals surface area contributed by atoms with Gasteiger partial charge in [0, 0.05) is 51.2 Å². The molecule has 1 aromatic carbocycles. The smallest absolute Gasteiger partial charge is 0.254 e. The number of likely N-dealkylation sites (tertiary alicyclic amines) is 1. The number of piperazine rings is 1. The number of rotatable bonds is 5. The number of piperidine rings is 1. The number of thiophene rings is 1. The highest BCUT2D eigenvalue weighted by Crippen LogP contribution is 2.24. The Morgan fingerprint density at radius 1 is 0.964 bits per heavy atom. The molecule has 1 amide bonds. The van der Waals surface area contributed by atoms with Crippen LogP contribution in [0.5, 0.6) is 0 Å². The van der Waals surface area contributed by atoms with Crippen LogP contribution >= 0.6 is 11.3 Å². The van der Waals surface area contributed by atoms with Gasteiger partial charge in [0.1, 0.15) is 0 Å². The fraction of sp³-hybridized carbons (Fsp3) is 0.522. The van der Waals surface area contributed by atoms with E-state index < -0.39 is 0 Å². The number of likely N-dealkylation sites (N-methyl/N-ethyl adjacent to an activating group) is 1. The second-order valence-corrected chi connectivity index (χ2v) is 9.13. The van der Waals surface area contributed by atoms with E-state index in [-0.39, 0.29) is 5.91 Å². The number of hydrogen-bond donors (Lipinski definition) is 0. The van der Waals surface area contributed by atoms with Crippen LogP contribution in [-0.4, -0.2) is 66.9 Å². The van der Waals surface area contributed by atoms with Crippen LogP contribution in [0.3, 0.4) is 0 Å². The van der Waals surface area contributed by atoms with Crippen LogP contribution in [-0.2, 0) is 13.0 Å². The van der Waals surface area contributed by atoms with E-state index in [0.29, 0.717) is 5.92 Å². The third-order valence-electron chi connectivity index (χ3n) is 6.22. The van der Waals surface area contributed by atoms with E-state index in [1.54, 1.807) is 11.3 Å². The molecular formula is C23H31N3OS. The normalized spacial score (nSPS) is 19.8. The summed E-state index contributed by atoms with van der Waals surface area (Å²) in [6, 6.07) is 11.2. The molecule has 0 N–H and O–H groups in total. The zero-order chi connectivity index (χ0) is 19.3. The Balaban J connectivity index is 1.23. The summed E-state index contributed by atoms with van der Waals surface area (Å²) in [5.74, 6) is 0.892. The molecule has 2 saturated heterocycles. The molecule has 0 saturated carbocycles. The first kappa shape index (κ1) is 19.6. The Hall–Kier alpha value is -1.69. The molecule has 0 atom stereocenters. The predicted molar refractivity (Wildman–Crippen MR) is 116 cm³/mol. The summed E-state index contributed by atoms with van der Waals surface area (Å²) in [6.07, 6.45) is 3.35. The van der Waals surface area contributed by atoms with E-state index in [9.17, 15) is 4.79 Å². The standard InChI is InChI=1S/C23H31N3OS/c1-24-11-13-25(14-12-24)17-21-4-2-19(3-5-21)16-20-6-9-26(10-7-20)23(27)22-8-15-28-18-22/h2-5,8,15,18,20H,6-7,9-14,16-17H2,1H3. The van der Waals surface area contributed by atoms with Crippen molar-refractivity contribution in [1.82, 2.24) is 14.7 Å². The summed E-state index contributed by atoms with van der Waals surface area (Å²) in [5.41, 5.74) is 3.70. The number of amides is 1. The number of nitrogens with zero attached hydrogens (tertiary/aromatic N) is 3. The third kappa shape index (κ3) is 5.02. The lowest BCUT2D eigenvalue weighted by Gasteiger charge is -2.32. The van der Waals surface area contributed by atoms with Gasteiger partial charge in [-0.15, -0.1) is 0 Å².